The molecule has 0 spiro atoms. The number of hydrogen-bond donors (Lipinski definition) is 0. The lowest BCUT2D eigenvalue weighted by molar-refractivity contribution is 0.0756. The summed E-state index contributed by atoms with van der Waals surface area (Å²) < 4.78 is 15.4. The van der Waals surface area contributed by atoms with E-state index >= 15 is 0 Å². The first-order valence-corrected chi connectivity index (χ1v) is 5.78. The Labute approximate surface area is 105 Å². The number of ketones is 1. The fourth-order valence-electron chi connectivity index (χ4n) is 2.02. The number of aromatic nitrogens is 2. The van der Waals surface area contributed by atoms with Crippen LogP contribution in [0.5, 0.6) is 11.8 Å². The normalized spacial score (nSPS) is 22.8. The summed E-state index contributed by atoms with van der Waals surface area (Å²) in [6.45, 7) is 2.49. The second-order valence-electron chi connectivity index (χ2n) is 4.11. The smallest absolute Gasteiger partial charge is 0.246 e. The number of methoxy groups -OCH3 is 2. The van der Waals surface area contributed by atoms with Crippen LogP contribution in [-0.4, -0.2) is 42.7 Å². The molecular weight excluding hydrogens is 236 g/mol. The fourth-order valence-corrected chi connectivity index (χ4v) is 2.02. The van der Waals surface area contributed by atoms with E-state index in [9.17, 15) is 4.79 Å². The van der Waals surface area contributed by atoms with Crippen LogP contribution >= 0.6 is 0 Å². The Kier molecular flexibility index (Phi) is 3.76. The van der Waals surface area contributed by atoms with Crippen molar-refractivity contribution in [1.82, 2.24) is 9.97 Å². The molecule has 1 aromatic rings. The summed E-state index contributed by atoms with van der Waals surface area (Å²) in [6.07, 6.45) is 2.03. The number of hydrogen-bond acceptors (Lipinski definition) is 6. The second-order valence-corrected chi connectivity index (χ2v) is 4.11. The van der Waals surface area contributed by atoms with Gasteiger partial charge in [-0.2, -0.15) is 4.98 Å². The minimum atomic E-state index is -0.179. The summed E-state index contributed by atoms with van der Waals surface area (Å²) in [5, 5.41) is 0. The maximum absolute atomic E-state index is 12.3. The highest BCUT2D eigenvalue weighted by Gasteiger charge is 2.34. The SMILES string of the molecule is COc1cnc(C(=O)C2CCOC2C)c(OC)n1. The maximum atomic E-state index is 12.3. The van der Waals surface area contributed by atoms with E-state index < -0.39 is 0 Å². The van der Waals surface area contributed by atoms with Crippen molar-refractivity contribution in [3.63, 3.8) is 0 Å². The lowest BCUT2D eigenvalue weighted by Crippen LogP contribution is -2.23. The lowest BCUT2D eigenvalue weighted by atomic mass is 9.95. The molecule has 18 heavy (non-hydrogen) atoms. The molecule has 6 nitrogen and oxygen atoms in total. The average Bonchev–Trinajstić information content (AvgIpc) is 2.83. The molecule has 2 unspecified atom stereocenters. The third-order valence-corrected chi connectivity index (χ3v) is 3.07. The van der Waals surface area contributed by atoms with Crippen molar-refractivity contribution >= 4 is 5.78 Å². The molecule has 1 aromatic heterocycles. The van der Waals surface area contributed by atoms with Gasteiger partial charge in [-0.15, -0.1) is 0 Å². The molecule has 1 saturated heterocycles. The van der Waals surface area contributed by atoms with E-state index in [1.54, 1.807) is 0 Å². The van der Waals surface area contributed by atoms with Crippen LogP contribution in [0, 0.1) is 5.92 Å². The summed E-state index contributed by atoms with van der Waals surface area (Å²) in [7, 11) is 2.94. The molecule has 0 bridgehead atoms. The molecule has 0 aliphatic carbocycles. The molecule has 0 N–H and O–H groups in total. The van der Waals surface area contributed by atoms with E-state index in [-0.39, 0.29) is 29.4 Å². The zero-order valence-electron chi connectivity index (χ0n) is 10.7. The van der Waals surface area contributed by atoms with Crippen molar-refractivity contribution in [3.8, 4) is 11.8 Å². The first-order valence-electron chi connectivity index (χ1n) is 5.78. The first kappa shape index (κ1) is 12.8. The summed E-state index contributed by atoms with van der Waals surface area (Å²) in [4.78, 5) is 20.5. The van der Waals surface area contributed by atoms with Crippen molar-refractivity contribution in [2.24, 2.45) is 5.92 Å². The van der Waals surface area contributed by atoms with Gasteiger partial charge in [0.1, 0.15) is 0 Å². The van der Waals surface area contributed by atoms with Gasteiger partial charge in [0.2, 0.25) is 11.8 Å². The third-order valence-electron chi connectivity index (χ3n) is 3.07. The van der Waals surface area contributed by atoms with Crippen molar-refractivity contribution in [2.45, 2.75) is 19.4 Å². The van der Waals surface area contributed by atoms with Crippen LogP contribution in [0.2, 0.25) is 0 Å². The molecule has 0 aromatic carbocycles. The highest BCUT2D eigenvalue weighted by atomic mass is 16.5. The van der Waals surface area contributed by atoms with Gasteiger partial charge in [-0.3, -0.25) is 4.79 Å². The highest BCUT2D eigenvalue weighted by Crippen LogP contribution is 2.27. The van der Waals surface area contributed by atoms with Crippen LogP contribution < -0.4 is 9.47 Å². The Morgan fingerprint density at radius 3 is 2.78 bits per heavy atom. The summed E-state index contributed by atoms with van der Waals surface area (Å²) in [5.41, 5.74) is 0.237. The molecule has 1 fully saturated rings. The van der Waals surface area contributed by atoms with Crippen molar-refractivity contribution in [2.75, 3.05) is 20.8 Å². The molecular formula is C12H16N2O4. The minimum absolute atomic E-state index is 0.0907. The average molecular weight is 252 g/mol. The maximum Gasteiger partial charge on any atom is 0.246 e. The molecule has 0 saturated carbocycles. The summed E-state index contributed by atoms with van der Waals surface area (Å²) in [6, 6.07) is 0. The summed E-state index contributed by atoms with van der Waals surface area (Å²) >= 11 is 0. The van der Waals surface area contributed by atoms with Crippen molar-refractivity contribution < 1.29 is 19.0 Å². The molecule has 0 amide bonds. The lowest BCUT2D eigenvalue weighted by Gasteiger charge is -2.13. The van der Waals surface area contributed by atoms with Gasteiger partial charge >= 0.3 is 0 Å². The number of Topliss-reactive ketones (excluding diaryl/α,β-unsaturated/α-hetero) is 1. The van der Waals surface area contributed by atoms with Crippen LogP contribution in [0.15, 0.2) is 6.20 Å². The number of nitrogens with zero attached hydrogens (tertiary/aromatic N) is 2. The predicted molar refractivity (Wildman–Crippen MR) is 63.0 cm³/mol. The molecule has 2 rings (SSSR count). The largest absolute Gasteiger partial charge is 0.480 e. The van der Waals surface area contributed by atoms with Crippen LogP contribution in [-0.2, 0) is 4.74 Å². The van der Waals surface area contributed by atoms with Gasteiger partial charge in [0.15, 0.2) is 11.5 Å². The molecule has 1 aliphatic heterocycles. The van der Waals surface area contributed by atoms with Gasteiger partial charge in [0.05, 0.1) is 32.4 Å². The first-order chi connectivity index (χ1) is 8.67. The Morgan fingerprint density at radius 1 is 1.44 bits per heavy atom. The Hall–Kier alpha value is -1.69. The van der Waals surface area contributed by atoms with Gasteiger partial charge in [0, 0.05) is 6.61 Å². The molecule has 2 atom stereocenters. The number of ether oxygens (including phenoxy) is 3. The Bertz CT molecular complexity index is 450. The zero-order valence-corrected chi connectivity index (χ0v) is 10.7. The van der Waals surface area contributed by atoms with E-state index in [0.717, 1.165) is 0 Å². The zero-order chi connectivity index (χ0) is 13.1. The van der Waals surface area contributed by atoms with Crippen LogP contribution in [0.3, 0.4) is 0 Å². The standard InChI is InChI=1S/C12H16N2O4/c1-7-8(4-5-18-7)11(15)10-12(17-3)14-9(16-2)6-13-10/h6-8H,4-5H2,1-3H3. The van der Waals surface area contributed by atoms with E-state index in [1.807, 2.05) is 6.92 Å². The Morgan fingerprint density at radius 2 is 2.22 bits per heavy atom. The molecule has 98 valence electrons. The molecule has 6 heteroatoms. The van der Waals surface area contributed by atoms with E-state index in [2.05, 4.69) is 9.97 Å². The summed E-state index contributed by atoms with van der Waals surface area (Å²) in [5.74, 6) is 0.242. The monoisotopic (exact) mass is 252 g/mol. The van der Waals surface area contributed by atoms with Gasteiger partial charge < -0.3 is 14.2 Å². The predicted octanol–water partition coefficient (Wildman–Crippen LogP) is 1.10. The van der Waals surface area contributed by atoms with Crippen LogP contribution in [0.1, 0.15) is 23.8 Å². The number of carbonyl (C=O) groups is 1. The van der Waals surface area contributed by atoms with Crippen LogP contribution in [0.4, 0.5) is 0 Å². The van der Waals surface area contributed by atoms with E-state index in [4.69, 9.17) is 14.2 Å². The van der Waals surface area contributed by atoms with Gasteiger partial charge in [-0.05, 0) is 13.3 Å². The molecule has 1 aliphatic rings. The molecule has 2 heterocycles. The second kappa shape index (κ2) is 5.30. The Balaban J connectivity index is 2.29. The number of rotatable bonds is 4. The van der Waals surface area contributed by atoms with Crippen molar-refractivity contribution in [1.29, 1.82) is 0 Å². The van der Waals surface area contributed by atoms with Gasteiger partial charge in [-0.25, -0.2) is 4.98 Å². The quantitative estimate of drug-likeness (QED) is 0.747. The minimum Gasteiger partial charge on any atom is -0.480 e. The van der Waals surface area contributed by atoms with E-state index in [0.29, 0.717) is 18.9 Å². The third kappa shape index (κ3) is 2.28. The van der Waals surface area contributed by atoms with Gasteiger partial charge in [0.25, 0.3) is 0 Å². The van der Waals surface area contributed by atoms with Crippen LogP contribution in [0.25, 0.3) is 0 Å². The van der Waals surface area contributed by atoms with E-state index in [1.165, 1.54) is 20.4 Å². The topological polar surface area (TPSA) is 70.5 Å². The number of carbonyl (C=O) groups excluding carboxylic acids is 1. The molecule has 0 radical (unpaired) electrons. The fraction of sp³-hybridized carbons (Fsp3) is 0.583. The van der Waals surface area contributed by atoms with Crippen molar-refractivity contribution in [3.05, 3.63) is 11.9 Å². The highest BCUT2D eigenvalue weighted by molar-refractivity contribution is 5.98. The van der Waals surface area contributed by atoms with Gasteiger partial charge in [-0.1, -0.05) is 0 Å².